The van der Waals surface area contributed by atoms with E-state index in [0.717, 1.165) is 31.6 Å². The van der Waals surface area contributed by atoms with E-state index >= 15 is 0 Å². The molecule has 5 nitrogen and oxygen atoms in total. The fraction of sp³-hybridized carbons (Fsp3) is 0.692. The molecule has 0 bridgehead atoms. The van der Waals surface area contributed by atoms with E-state index in [1.807, 2.05) is 10.3 Å². The predicted molar refractivity (Wildman–Crippen MR) is 74.5 cm³/mol. The molecule has 0 aromatic carbocycles. The van der Waals surface area contributed by atoms with Crippen LogP contribution in [-0.2, 0) is 0 Å². The summed E-state index contributed by atoms with van der Waals surface area (Å²) in [6, 6.07) is -0.0582. The van der Waals surface area contributed by atoms with Gasteiger partial charge in [-0.2, -0.15) is 0 Å². The zero-order valence-electron chi connectivity index (χ0n) is 10.8. The van der Waals surface area contributed by atoms with Crippen LogP contribution in [0.4, 0.5) is 9.93 Å². The van der Waals surface area contributed by atoms with Gasteiger partial charge in [0.25, 0.3) is 0 Å². The van der Waals surface area contributed by atoms with Gasteiger partial charge in [-0.15, -0.1) is 11.3 Å². The molecular formula is C13H19N3O2S. The van der Waals surface area contributed by atoms with Crippen molar-refractivity contribution < 1.29 is 9.90 Å². The molecule has 2 N–H and O–H groups in total. The number of urea groups is 1. The van der Waals surface area contributed by atoms with Crippen LogP contribution in [0.15, 0.2) is 5.38 Å². The van der Waals surface area contributed by atoms with E-state index in [9.17, 15) is 4.79 Å². The molecule has 2 heterocycles. The number of nitrogens with one attached hydrogen (secondary N) is 1. The normalized spacial score (nSPS) is 22.8. The van der Waals surface area contributed by atoms with Crippen molar-refractivity contribution in [1.82, 2.24) is 9.88 Å². The molecule has 6 heteroatoms. The van der Waals surface area contributed by atoms with Gasteiger partial charge >= 0.3 is 6.03 Å². The molecule has 1 saturated carbocycles. The summed E-state index contributed by atoms with van der Waals surface area (Å²) < 4.78 is 0. The number of rotatable bonds is 4. The fourth-order valence-corrected chi connectivity index (χ4v) is 3.30. The molecule has 2 fully saturated rings. The third-order valence-corrected chi connectivity index (χ3v) is 4.62. The average molecular weight is 281 g/mol. The van der Waals surface area contributed by atoms with Gasteiger partial charge in [-0.3, -0.25) is 5.32 Å². The Morgan fingerprint density at radius 3 is 3.11 bits per heavy atom. The summed E-state index contributed by atoms with van der Waals surface area (Å²) in [6.45, 7) is 1.72. The molecule has 1 atom stereocenters. The van der Waals surface area contributed by atoms with E-state index in [-0.39, 0.29) is 12.6 Å². The number of nitrogens with zero attached hydrogens (tertiary/aromatic N) is 2. The number of hydrogen-bond donors (Lipinski definition) is 2. The van der Waals surface area contributed by atoms with E-state index in [0.29, 0.717) is 17.0 Å². The van der Waals surface area contributed by atoms with Gasteiger partial charge in [0.2, 0.25) is 0 Å². The van der Waals surface area contributed by atoms with Crippen LogP contribution in [0, 0.1) is 5.92 Å². The van der Waals surface area contributed by atoms with Crippen molar-refractivity contribution in [2.24, 2.45) is 5.92 Å². The van der Waals surface area contributed by atoms with Crippen LogP contribution in [0.2, 0.25) is 0 Å². The zero-order valence-corrected chi connectivity index (χ0v) is 11.7. The van der Waals surface area contributed by atoms with Crippen molar-refractivity contribution in [1.29, 1.82) is 0 Å². The van der Waals surface area contributed by atoms with Crippen LogP contribution in [-0.4, -0.2) is 40.7 Å². The first-order chi connectivity index (χ1) is 9.26. The van der Waals surface area contributed by atoms with Crippen LogP contribution in [0.25, 0.3) is 0 Å². The van der Waals surface area contributed by atoms with Crippen molar-refractivity contribution in [3.63, 3.8) is 0 Å². The quantitative estimate of drug-likeness (QED) is 0.889. The van der Waals surface area contributed by atoms with Crippen LogP contribution in [0.1, 0.15) is 37.3 Å². The molecule has 19 heavy (non-hydrogen) atoms. The Hall–Kier alpha value is -1.14. The minimum Gasteiger partial charge on any atom is -0.396 e. The largest absolute Gasteiger partial charge is 0.396 e. The van der Waals surface area contributed by atoms with Crippen LogP contribution in [0.5, 0.6) is 0 Å². The number of aromatic nitrogens is 1. The van der Waals surface area contributed by atoms with E-state index in [4.69, 9.17) is 5.11 Å². The van der Waals surface area contributed by atoms with Gasteiger partial charge in [0.15, 0.2) is 5.13 Å². The number of carbonyl (C=O) groups is 1. The highest BCUT2D eigenvalue weighted by Gasteiger charge is 2.28. The van der Waals surface area contributed by atoms with Gasteiger partial charge in [0.05, 0.1) is 5.69 Å². The third-order valence-electron chi connectivity index (χ3n) is 3.84. The zero-order chi connectivity index (χ0) is 13.2. The topological polar surface area (TPSA) is 65.5 Å². The lowest BCUT2D eigenvalue weighted by molar-refractivity contribution is 0.217. The summed E-state index contributed by atoms with van der Waals surface area (Å²) in [5.41, 5.74) is 1.12. The van der Waals surface area contributed by atoms with Crippen molar-refractivity contribution in [2.45, 2.75) is 31.6 Å². The summed E-state index contributed by atoms with van der Waals surface area (Å²) >= 11 is 1.51. The summed E-state index contributed by atoms with van der Waals surface area (Å²) in [4.78, 5) is 18.4. The number of carbonyl (C=O) groups excluding carboxylic acids is 1. The van der Waals surface area contributed by atoms with E-state index in [2.05, 4.69) is 10.3 Å². The number of amides is 2. The van der Waals surface area contributed by atoms with Crippen molar-refractivity contribution >= 4 is 22.5 Å². The van der Waals surface area contributed by atoms with Crippen LogP contribution < -0.4 is 5.32 Å². The standard InChI is InChI=1S/C13H19N3O2S/c17-6-4-9-3-5-16(7-9)13(18)15-12-14-11(8-19-12)10-1-2-10/h8-10,17H,1-7H2,(H,14,15,18)/t9-/m1/s1. The molecule has 3 rings (SSSR count). The molecule has 1 aromatic rings. The Balaban J connectivity index is 1.52. The fourth-order valence-electron chi connectivity index (χ4n) is 2.52. The van der Waals surface area contributed by atoms with Gasteiger partial charge in [0, 0.05) is 31.0 Å². The number of likely N-dealkylation sites (tertiary alicyclic amines) is 1. The lowest BCUT2D eigenvalue weighted by Crippen LogP contribution is -2.33. The first kappa shape index (κ1) is 12.9. The average Bonchev–Trinajstić information content (AvgIpc) is 2.96. The van der Waals surface area contributed by atoms with E-state index in [1.54, 1.807) is 0 Å². The van der Waals surface area contributed by atoms with Gasteiger partial charge in [-0.1, -0.05) is 0 Å². The molecule has 1 aliphatic carbocycles. The molecule has 0 unspecified atom stereocenters. The first-order valence-electron chi connectivity index (χ1n) is 6.88. The first-order valence-corrected chi connectivity index (χ1v) is 7.76. The second-order valence-corrected chi connectivity index (χ2v) is 6.25. The van der Waals surface area contributed by atoms with Crippen LogP contribution >= 0.6 is 11.3 Å². The third kappa shape index (κ3) is 3.06. The maximum absolute atomic E-state index is 12.1. The Kier molecular flexibility index (Phi) is 3.70. The Labute approximate surface area is 116 Å². The highest BCUT2D eigenvalue weighted by Crippen LogP contribution is 2.40. The lowest BCUT2D eigenvalue weighted by Gasteiger charge is -2.16. The second-order valence-electron chi connectivity index (χ2n) is 5.39. The molecule has 1 saturated heterocycles. The van der Waals surface area contributed by atoms with Gasteiger partial charge in [0.1, 0.15) is 0 Å². The minimum atomic E-state index is -0.0582. The SMILES string of the molecule is O=C(Nc1nc(C2CC2)cs1)N1CC[C@H](CCO)C1. The lowest BCUT2D eigenvalue weighted by atomic mass is 10.1. The van der Waals surface area contributed by atoms with Crippen molar-refractivity contribution in [3.8, 4) is 0 Å². The molecular weight excluding hydrogens is 262 g/mol. The molecule has 104 valence electrons. The Morgan fingerprint density at radius 1 is 1.53 bits per heavy atom. The Morgan fingerprint density at radius 2 is 2.37 bits per heavy atom. The maximum Gasteiger partial charge on any atom is 0.323 e. The predicted octanol–water partition coefficient (Wildman–Crippen LogP) is 2.26. The Bertz CT molecular complexity index is 458. The van der Waals surface area contributed by atoms with Gasteiger partial charge < -0.3 is 10.0 Å². The molecule has 1 aliphatic heterocycles. The monoisotopic (exact) mass is 281 g/mol. The van der Waals surface area contributed by atoms with Crippen molar-refractivity contribution in [3.05, 3.63) is 11.1 Å². The second kappa shape index (κ2) is 5.46. The number of hydrogen-bond acceptors (Lipinski definition) is 4. The molecule has 2 amide bonds. The number of anilines is 1. The number of aliphatic hydroxyl groups is 1. The summed E-state index contributed by atoms with van der Waals surface area (Å²) in [6.07, 6.45) is 4.23. The molecule has 0 radical (unpaired) electrons. The van der Waals surface area contributed by atoms with Gasteiger partial charge in [-0.25, -0.2) is 9.78 Å². The highest BCUT2D eigenvalue weighted by atomic mass is 32.1. The summed E-state index contributed by atoms with van der Waals surface area (Å²) in [5.74, 6) is 1.07. The van der Waals surface area contributed by atoms with Crippen molar-refractivity contribution in [2.75, 3.05) is 25.0 Å². The molecule has 2 aliphatic rings. The van der Waals surface area contributed by atoms with Gasteiger partial charge in [-0.05, 0) is 31.6 Å². The minimum absolute atomic E-state index is 0.0582. The number of aliphatic hydroxyl groups excluding tert-OH is 1. The summed E-state index contributed by atoms with van der Waals surface area (Å²) in [7, 11) is 0. The van der Waals surface area contributed by atoms with Crippen LogP contribution in [0.3, 0.4) is 0 Å². The summed E-state index contributed by atoms with van der Waals surface area (Å²) in [5, 5.41) is 14.6. The number of thiazole rings is 1. The van der Waals surface area contributed by atoms with E-state index < -0.39 is 0 Å². The highest BCUT2D eigenvalue weighted by molar-refractivity contribution is 7.13. The maximum atomic E-state index is 12.1. The smallest absolute Gasteiger partial charge is 0.323 e. The molecule has 0 spiro atoms. The van der Waals surface area contributed by atoms with E-state index in [1.165, 1.54) is 24.2 Å². The molecule has 1 aromatic heterocycles.